The number of likely N-dealkylation sites (tertiary alicyclic amines) is 2. The lowest BCUT2D eigenvalue weighted by Crippen LogP contribution is -2.57. The number of carbonyl (C=O) groups excluding carboxylic acids is 2. The molecular weight excluding hydrogens is 346 g/mol. The summed E-state index contributed by atoms with van der Waals surface area (Å²) in [5, 5.41) is 0. The zero-order chi connectivity index (χ0) is 19.6. The van der Waals surface area contributed by atoms with Gasteiger partial charge >= 0.3 is 0 Å². The van der Waals surface area contributed by atoms with Gasteiger partial charge in [0.15, 0.2) is 0 Å². The zero-order valence-electron chi connectivity index (χ0n) is 16.4. The summed E-state index contributed by atoms with van der Waals surface area (Å²) >= 11 is 0. The highest BCUT2D eigenvalue weighted by Crippen LogP contribution is 2.31. The quantitative estimate of drug-likeness (QED) is 0.791. The van der Waals surface area contributed by atoms with Gasteiger partial charge < -0.3 is 19.5 Å². The average molecular weight is 375 g/mol. The lowest BCUT2D eigenvalue weighted by Gasteiger charge is -2.47. The van der Waals surface area contributed by atoms with Crippen LogP contribution in [0.3, 0.4) is 0 Å². The third-order valence-electron chi connectivity index (χ3n) is 5.91. The molecular formula is C20H29N3O4. The van der Waals surface area contributed by atoms with E-state index in [0.717, 1.165) is 30.5 Å². The number of nitrogens with one attached hydrogen (secondary N) is 1. The van der Waals surface area contributed by atoms with Crippen LogP contribution in [-0.2, 0) is 9.53 Å². The topological polar surface area (TPSA) is 82.7 Å². The molecule has 2 amide bonds. The van der Waals surface area contributed by atoms with E-state index in [1.165, 1.54) is 0 Å². The minimum atomic E-state index is -0.328. The molecule has 7 heteroatoms. The van der Waals surface area contributed by atoms with E-state index in [-0.39, 0.29) is 34.9 Å². The SMILES string of the molecule is COCCCN1C(=O)CC[C@H]2CN(C(=O)c3cc(C)c(C)[nH]c3=O)CC[C@H]21. The molecule has 2 fully saturated rings. The molecule has 3 rings (SSSR count). The van der Waals surface area contributed by atoms with E-state index in [9.17, 15) is 14.4 Å². The molecule has 0 spiro atoms. The molecule has 0 aliphatic carbocycles. The largest absolute Gasteiger partial charge is 0.385 e. The van der Waals surface area contributed by atoms with Crippen LogP contribution in [0.4, 0.5) is 0 Å². The Balaban J connectivity index is 1.71. The Morgan fingerprint density at radius 2 is 2.07 bits per heavy atom. The van der Waals surface area contributed by atoms with Crippen LogP contribution in [0.1, 0.15) is 47.3 Å². The predicted molar refractivity (Wildman–Crippen MR) is 102 cm³/mol. The fraction of sp³-hybridized carbons (Fsp3) is 0.650. The van der Waals surface area contributed by atoms with Gasteiger partial charge in [0.1, 0.15) is 5.56 Å². The van der Waals surface area contributed by atoms with Gasteiger partial charge in [0.2, 0.25) is 5.91 Å². The lowest BCUT2D eigenvalue weighted by atomic mass is 9.83. The Labute approximate surface area is 159 Å². The van der Waals surface area contributed by atoms with Gasteiger partial charge in [-0.05, 0) is 50.7 Å². The van der Waals surface area contributed by atoms with E-state index in [4.69, 9.17) is 4.74 Å². The van der Waals surface area contributed by atoms with Gasteiger partial charge in [-0.2, -0.15) is 0 Å². The highest BCUT2D eigenvalue weighted by atomic mass is 16.5. The Bertz CT molecular complexity index is 773. The van der Waals surface area contributed by atoms with Gasteiger partial charge in [0.25, 0.3) is 11.5 Å². The molecule has 2 atom stereocenters. The maximum absolute atomic E-state index is 12.9. The first-order valence-corrected chi connectivity index (χ1v) is 9.70. The minimum Gasteiger partial charge on any atom is -0.385 e. The number of ether oxygens (including phenoxy) is 1. The number of aromatic nitrogens is 1. The van der Waals surface area contributed by atoms with Crippen molar-refractivity contribution >= 4 is 11.8 Å². The number of hydrogen-bond acceptors (Lipinski definition) is 4. The van der Waals surface area contributed by atoms with Crippen LogP contribution in [0.25, 0.3) is 0 Å². The van der Waals surface area contributed by atoms with E-state index in [1.54, 1.807) is 18.1 Å². The first kappa shape index (κ1) is 19.6. The molecule has 0 unspecified atom stereocenters. The molecule has 1 aromatic heterocycles. The van der Waals surface area contributed by atoms with Crippen LogP contribution >= 0.6 is 0 Å². The molecule has 0 saturated carbocycles. The number of aryl methyl sites for hydroxylation is 2. The fourth-order valence-electron chi connectivity index (χ4n) is 4.26. The molecule has 1 N–H and O–H groups in total. The molecule has 0 bridgehead atoms. The number of carbonyl (C=O) groups is 2. The van der Waals surface area contributed by atoms with Crippen molar-refractivity contribution in [3.8, 4) is 0 Å². The number of hydrogen-bond donors (Lipinski definition) is 1. The van der Waals surface area contributed by atoms with E-state index in [2.05, 4.69) is 4.98 Å². The van der Waals surface area contributed by atoms with E-state index >= 15 is 0 Å². The van der Waals surface area contributed by atoms with E-state index < -0.39 is 0 Å². The number of nitrogens with zero attached hydrogens (tertiary/aromatic N) is 2. The van der Waals surface area contributed by atoms with Gasteiger partial charge in [-0.1, -0.05) is 0 Å². The summed E-state index contributed by atoms with van der Waals surface area (Å²) in [7, 11) is 1.67. The van der Waals surface area contributed by atoms with Crippen LogP contribution < -0.4 is 5.56 Å². The summed E-state index contributed by atoms with van der Waals surface area (Å²) in [5.41, 5.74) is 1.57. The van der Waals surface area contributed by atoms with Crippen LogP contribution in [0, 0.1) is 19.8 Å². The smallest absolute Gasteiger partial charge is 0.261 e. The third-order valence-corrected chi connectivity index (χ3v) is 5.91. The van der Waals surface area contributed by atoms with Crippen molar-refractivity contribution in [2.24, 2.45) is 5.92 Å². The lowest BCUT2D eigenvalue weighted by molar-refractivity contribution is -0.140. The van der Waals surface area contributed by atoms with Crippen LogP contribution in [-0.4, -0.2) is 66.0 Å². The summed E-state index contributed by atoms with van der Waals surface area (Å²) in [4.78, 5) is 44.0. The molecule has 0 radical (unpaired) electrons. The number of methoxy groups -OCH3 is 1. The van der Waals surface area contributed by atoms with Gasteiger partial charge in [0, 0.05) is 51.5 Å². The summed E-state index contributed by atoms with van der Waals surface area (Å²) in [6.07, 6.45) is 2.92. The van der Waals surface area contributed by atoms with Crippen molar-refractivity contribution < 1.29 is 14.3 Å². The average Bonchev–Trinajstić information content (AvgIpc) is 2.65. The Morgan fingerprint density at radius 1 is 1.30 bits per heavy atom. The second-order valence-electron chi connectivity index (χ2n) is 7.66. The number of H-pyrrole nitrogens is 1. The first-order chi connectivity index (χ1) is 12.9. The number of aromatic amines is 1. The summed E-state index contributed by atoms with van der Waals surface area (Å²) in [5.74, 6) is 0.270. The number of rotatable bonds is 5. The van der Waals surface area contributed by atoms with Gasteiger partial charge in [-0.25, -0.2) is 0 Å². The molecule has 27 heavy (non-hydrogen) atoms. The number of pyridine rings is 1. The molecule has 2 aliphatic heterocycles. The zero-order valence-corrected chi connectivity index (χ0v) is 16.4. The summed E-state index contributed by atoms with van der Waals surface area (Å²) in [6, 6.07) is 1.87. The standard InChI is InChI=1S/C20H29N3O4/c1-13-11-16(19(25)21-14(13)2)20(26)22-9-7-17-15(12-22)5-6-18(24)23(17)8-4-10-27-3/h11,15,17H,4-10,12H2,1-3H3,(H,21,25)/t15-,17+/m0/s1. The third kappa shape index (κ3) is 4.08. The molecule has 7 nitrogen and oxygen atoms in total. The molecule has 0 aromatic carbocycles. The van der Waals surface area contributed by atoms with Crippen molar-refractivity contribution in [2.45, 2.75) is 45.6 Å². The second kappa shape index (κ2) is 8.25. The van der Waals surface area contributed by atoms with Crippen molar-refractivity contribution in [1.29, 1.82) is 0 Å². The first-order valence-electron chi connectivity index (χ1n) is 9.70. The van der Waals surface area contributed by atoms with Crippen molar-refractivity contribution in [1.82, 2.24) is 14.8 Å². The highest BCUT2D eigenvalue weighted by Gasteiger charge is 2.40. The summed E-state index contributed by atoms with van der Waals surface area (Å²) in [6.45, 7) is 6.23. The molecule has 2 saturated heterocycles. The minimum absolute atomic E-state index is 0.185. The molecule has 3 heterocycles. The molecule has 2 aliphatic rings. The molecule has 1 aromatic rings. The monoisotopic (exact) mass is 375 g/mol. The van der Waals surface area contributed by atoms with E-state index in [0.29, 0.717) is 32.7 Å². The number of fused-ring (bicyclic) bond motifs is 1. The van der Waals surface area contributed by atoms with Crippen molar-refractivity contribution in [2.75, 3.05) is 33.4 Å². The second-order valence-corrected chi connectivity index (χ2v) is 7.66. The Kier molecular flexibility index (Phi) is 5.99. The summed E-state index contributed by atoms with van der Waals surface area (Å²) < 4.78 is 5.11. The predicted octanol–water partition coefficient (Wildman–Crippen LogP) is 1.48. The molecule has 148 valence electrons. The van der Waals surface area contributed by atoms with Crippen LogP contribution in [0.2, 0.25) is 0 Å². The van der Waals surface area contributed by atoms with Crippen LogP contribution in [0.15, 0.2) is 10.9 Å². The normalized spacial score (nSPS) is 22.7. The van der Waals surface area contributed by atoms with Crippen LogP contribution in [0.5, 0.6) is 0 Å². The number of piperidine rings is 2. The van der Waals surface area contributed by atoms with Gasteiger partial charge in [-0.3, -0.25) is 14.4 Å². The van der Waals surface area contributed by atoms with E-state index in [1.807, 2.05) is 18.7 Å². The maximum Gasteiger partial charge on any atom is 0.261 e. The van der Waals surface area contributed by atoms with Gasteiger partial charge in [-0.15, -0.1) is 0 Å². The van der Waals surface area contributed by atoms with Crippen molar-refractivity contribution in [3.63, 3.8) is 0 Å². The Morgan fingerprint density at radius 3 is 2.81 bits per heavy atom. The highest BCUT2D eigenvalue weighted by molar-refractivity contribution is 5.94. The fourth-order valence-corrected chi connectivity index (χ4v) is 4.26. The number of amides is 2. The Hall–Kier alpha value is -2.15. The maximum atomic E-state index is 12.9. The van der Waals surface area contributed by atoms with Gasteiger partial charge in [0.05, 0.1) is 0 Å². The van der Waals surface area contributed by atoms with Crippen molar-refractivity contribution in [3.05, 3.63) is 33.2 Å².